The second kappa shape index (κ2) is 8.28. The first-order chi connectivity index (χ1) is 12.6. The predicted molar refractivity (Wildman–Crippen MR) is 102 cm³/mol. The van der Waals surface area contributed by atoms with Crippen LogP contribution in [0, 0.1) is 11.8 Å². The van der Waals surface area contributed by atoms with E-state index in [-0.39, 0.29) is 36.2 Å². The van der Waals surface area contributed by atoms with Gasteiger partial charge in [-0.25, -0.2) is 0 Å². The summed E-state index contributed by atoms with van der Waals surface area (Å²) in [7, 11) is 0. The van der Waals surface area contributed by atoms with Crippen LogP contribution in [0.15, 0.2) is 60.7 Å². The first-order valence-corrected chi connectivity index (χ1v) is 9.23. The number of hydrogen-bond acceptors (Lipinski definition) is 3. The molecule has 0 aliphatic carbocycles. The lowest BCUT2D eigenvalue weighted by molar-refractivity contribution is -0.122. The number of unbranched alkanes of at least 4 members (excludes halogenated alkanes) is 1. The van der Waals surface area contributed by atoms with Gasteiger partial charge in [0, 0.05) is 12.5 Å². The summed E-state index contributed by atoms with van der Waals surface area (Å²) in [6, 6.07) is 19.1. The fourth-order valence-electron chi connectivity index (χ4n) is 3.91. The summed E-state index contributed by atoms with van der Waals surface area (Å²) in [6.45, 7) is 2.00. The maximum atomic E-state index is 13.2. The molecule has 3 atom stereocenters. The number of para-hydroxylation sites is 1. The van der Waals surface area contributed by atoms with Gasteiger partial charge in [-0.2, -0.15) is 0 Å². The Bertz CT molecular complexity index is 744. The molecule has 1 aliphatic rings. The summed E-state index contributed by atoms with van der Waals surface area (Å²) in [5.74, 6) is -1.01. The number of imide groups is 1. The highest BCUT2D eigenvalue weighted by Gasteiger charge is 2.49. The molecule has 4 nitrogen and oxygen atoms in total. The third-order valence-electron chi connectivity index (χ3n) is 5.25. The van der Waals surface area contributed by atoms with E-state index < -0.39 is 0 Å². The summed E-state index contributed by atoms with van der Waals surface area (Å²) >= 11 is 0. The molecule has 3 unspecified atom stereocenters. The third-order valence-corrected chi connectivity index (χ3v) is 5.25. The molecule has 136 valence electrons. The van der Waals surface area contributed by atoms with E-state index in [0.29, 0.717) is 12.1 Å². The molecule has 2 aromatic rings. The van der Waals surface area contributed by atoms with Crippen molar-refractivity contribution in [3.8, 4) is 0 Å². The molecule has 1 heterocycles. The zero-order valence-corrected chi connectivity index (χ0v) is 15.0. The Morgan fingerprint density at radius 1 is 0.923 bits per heavy atom. The van der Waals surface area contributed by atoms with Crippen LogP contribution in [0.5, 0.6) is 0 Å². The molecule has 1 N–H and O–H groups in total. The van der Waals surface area contributed by atoms with Crippen molar-refractivity contribution in [2.45, 2.75) is 32.1 Å². The van der Waals surface area contributed by atoms with Crippen LogP contribution in [0.1, 0.15) is 37.7 Å². The average molecular weight is 351 g/mol. The molecular weight excluding hydrogens is 326 g/mol. The van der Waals surface area contributed by atoms with Crippen LogP contribution in [0.25, 0.3) is 0 Å². The zero-order chi connectivity index (χ0) is 18.5. The van der Waals surface area contributed by atoms with Crippen molar-refractivity contribution in [1.29, 1.82) is 0 Å². The normalized spacial score (nSPS) is 21.2. The Kier molecular flexibility index (Phi) is 5.84. The highest BCUT2D eigenvalue weighted by atomic mass is 16.3. The van der Waals surface area contributed by atoms with Crippen molar-refractivity contribution in [2.75, 3.05) is 11.5 Å². The minimum Gasteiger partial charge on any atom is -0.396 e. The van der Waals surface area contributed by atoms with E-state index in [1.54, 1.807) is 12.1 Å². The summed E-state index contributed by atoms with van der Waals surface area (Å²) < 4.78 is 0. The number of carbonyl (C=O) groups is 2. The van der Waals surface area contributed by atoms with Gasteiger partial charge in [0.1, 0.15) is 0 Å². The van der Waals surface area contributed by atoms with Gasteiger partial charge in [-0.1, -0.05) is 61.9 Å². The molecular formula is C22H25NO3. The molecule has 0 radical (unpaired) electrons. The molecule has 0 spiro atoms. The molecule has 2 aromatic carbocycles. The van der Waals surface area contributed by atoms with Gasteiger partial charge >= 0.3 is 0 Å². The quantitative estimate of drug-likeness (QED) is 0.610. The number of amides is 2. The Balaban J connectivity index is 1.93. The Hall–Kier alpha value is -2.46. The average Bonchev–Trinajstić information content (AvgIpc) is 2.90. The number of rotatable bonds is 7. The molecule has 1 aliphatic heterocycles. The van der Waals surface area contributed by atoms with Crippen LogP contribution in [-0.4, -0.2) is 23.5 Å². The second-order valence-electron chi connectivity index (χ2n) is 6.90. The highest BCUT2D eigenvalue weighted by Crippen LogP contribution is 2.41. The van der Waals surface area contributed by atoms with Crippen LogP contribution in [0.4, 0.5) is 5.69 Å². The lowest BCUT2D eigenvalue weighted by Gasteiger charge is -2.25. The van der Waals surface area contributed by atoms with Crippen molar-refractivity contribution in [1.82, 2.24) is 0 Å². The van der Waals surface area contributed by atoms with E-state index in [0.717, 1.165) is 18.4 Å². The molecule has 1 fully saturated rings. The van der Waals surface area contributed by atoms with Gasteiger partial charge in [0.05, 0.1) is 11.6 Å². The number of aliphatic hydroxyl groups excluding tert-OH is 1. The molecule has 4 heteroatoms. The number of anilines is 1. The van der Waals surface area contributed by atoms with Crippen molar-refractivity contribution < 1.29 is 14.7 Å². The van der Waals surface area contributed by atoms with Crippen molar-refractivity contribution in [3.63, 3.8) is 0 Å². The molecule has 0 bridgehead atoms. The van der Waals surface area contributed by atoms with E-state index in [2.05, 4.69) is 0 Å². The molecule has 3 rings (SSSR count). The molecule has 0 saturated carbocycles. The first-order valence-electron chi connectivity index (χ1n) is 9.23. The first kappa shape index (κ1) is 18.3. The van der Waals surface area contributed by atoms with Gasteiger partial charge in [-0.3, -0.25) is 14.5 Å². The van der Waals surface area contributed by atoms with E-state index in [4.69, 9.17) is 5.11 Å². The number of nitrogens with zero attached hydrogens (tertiary/aromatic N) is 1. The predicted octanol–water partition coefficient (Wildman–Crippen LogP) is 3.76. The lowest BCUT2D eigenvalue weighted by Crippen LogP contribution is -2.31. The smallest absolute Gasteiger partial charge is 0.238 e. The Labute approximate surface area is 154 Å². The zero-order valence-electron chi connectivity index (χ0n) is 15.0. The van der Waals surface area contributed by atoms with Crippen LogP contribution in [-0.2, 0) is 9.59 Å². The Morgan fingerprint density at radius 3 is 2.15 bits per heavy atom. The highest BCUT2D eigenvalue weighted by molar-refractivity contribution is 6.22. The Morgan fingerprint density at radius 2 is 1.54 bits per heavy atom. The van der Waals surface area contributed by atoms with Gasteiger partial charge in [-0.15, -0.1) is 0 Å². The van der Waals surface area contributed by atoms with Crippen molar-refractivity contribution >= 4 is 17.5 Å². The fraction of sp³-hybridized carbons (Fsp3) is 0.364. The summed E-state index contributed by atoms with van der Waals surface area (Å²) in [5.41, 5.74) is 1.72. The van der Waals surface area contributed by atoms with Crippen molar-refractivity contribution in [2.24, 2.45) is 11.8 Å². The second-order valence-corrected chi connectivity index (χ2v) is 6.90. The topological polar surface area (TPSA) is 57.6 Å². The largest absolute Gasteiger partial charge is 0.396 e. The van der Waals surface area contributed by atoms with Crippen molar-refractivity contribution in [3.05, 3.63) is 66.2 Å². The number of hydrogen-bond donors (Lipinski definition) is 1. The molecule has 1 saturated heterocycles. The number of aliphatic hydroxyl groups is 1. The maximum absolute atomic E-state index is 13.2. The van der Waals surface area contributed by atoms with Gasteiger partial charge in [0.2, 0.25) is 11.8 Å². The van der Waals surface area contributed by atoms with E-state index >= 15 is 0 Å². The summed E-state index contributed by atoms with van der Waals surface area (Å²) in [6.07, 6.45) is 2.31. The lowest BCUT2D eigenvalue weighted by atomic mass is 9.77. The van der Waals surface area contributed by atoms with Crippen LogP contribution in [0.2, 0.25) is 0 Å². The minimum absolute atomic E-state index is 0.0251. The van der Waals surface area contributed by atoms with Gasteiger partial charge < -0.3 is 5.11 Å². The third kappa shape index (κ3) is 3.56. The van der Waals surface area contributed by atoms with Crippen LogP contribution < -0.4 is 4.90 Å². The molecule has 26 heavy (non-hydrogen) atoms. The van der Waals surface area contributed by atoms with E-state index in [1.807, 2.05) is 55.5 Å². The molecule has 0 aromatic heterocycles. The number of carbonyl (C=O) groups excluding carboxylic acids is 2. The van der Waals surface area contributed by atoms with Crippen LogP contribution in [0.3, 0.4) is 0 Å². The standard InChI is InChI=1S/C22H25NO3/c1-16-20(19(14-8-9-15-24)17-10-4-2-5-11-17)22(26)23(21(16)25)18-12-6-3-7-13-18/h2-7,10-13,16,19-20,24H,8-9,14-15H2,1H3. The molecule has 2 amide bonds. The fourth-order valence-corrected chi connectivity index (χ4v) is 3.91. The van der Waals surface area contributed by atoms with Gasteiger partial charge in [-0.05, 0) is 36.5 Å². The van der Waals surface area contributed by atoms with Gasteiger partial charge in [0.15, 0.2) is 0 Å². The monoisotopic (exact) mass is 351 g/mol. The maximum Gasteiger partial charge on any atom is 0.238 e. The van der Waals surface area contributed by atoms with Crippen LogP contribution >= 0.6 is 0 Å². The summed E-state index contributed by atoms with van der Waals surface area (Å²) in [5, 5.41) is 9.12. The van der Waals surface area contributed by atoms with E-state index in [1.165, 1.54) is 4.90 Å². The SMILES string of the molecule is CC1C(=O)N(c2ccccc2)C(=O)C1C(CCCCO)c1ccccc1. The minimum atomic E-state index is -0.371. The van der Waals surface area contributed by atoms with Gasteiger partial charge in [0.25, 0.3) is 0 Å². The number of benzene rings is 2. The summed E-state index contributed by atoms with van der Waals surface area (Å²) in [4.78, 5) is 27.4. The van der Waals surface area contributed by atoms with E-state index in [9.17, 15) is 9.59 Å².